The first-order chi connectivity index (χ1) is 15.2. The summed E-state index contributed by atoms with van der Waals surface area (Å²) in [4.78, 5) is 40.4. The summed E-state index contributed by atoms with van der Waals surface area (Å²) in [5, 5.41) is 18.4. The van der Waals surface area contributed by atoms with Crippen molar-refractivity contribution in [1.29, 1.82) is 0 Å². The molecule has 1 aromatic rings. The van der Waals surface area contributed by atoms with Crippen LogP contribution in [-0.4, -0.2) is 41.7 Å². The highest BCUT2D eigenvalue weighted by atomic mass is 16.6. The molecule has 4 aliphatic rings. The highest BCUT2D eigenvalue weighted by molar-refractivity contribution is 6.02. The number of nitrogens with zero attached hydrogens (tertiary/aromatic N) is 2. The third-order valence-corrected chi connectivity index (χ3v) is 6.91. The first-order valence-electron chi connectivity index (χ1n) is 10.8. The smallest absolute Gasteiger partial charge is 0.294 e. The van der Waals surface area contributed by atoms with E-state index in [0.717, 1.165) is 11.3 Å². The molecule has 0 aromatic heterocycles. The van der Waals surface area contributed by atoms with Crippen LogP contribution in [0, 0.1) is 27.4 Å². The molecule has 1 aromatic carbocycles. The minimum absolute atomic E-state index is 0.0826. The van der Waals surface area contributed by atoms with E-state index in [0.29, 0.717) is 55.2 Å². The number of nitro groups is 1. The largest absolute Gasteiger partial charge is 0.497 e. The number of carbonyl (C=O) groups is 2. The monoisotopic (exact) mass is 438 g/mol. The lowest BCUT2D eigenvalue weighted by molar-refractivity contribution is -0.436. The Labute approximate surface area is 185 Å². The minimum atomic E-state index is -0.903. The SMILES string of the molecule is COc1ccc2c(c1)CC(C1C3=C(CC(C)(C)CC3=O)N3CCNC3=C1[N+](=O)[O-])C(=O)N2. The number of Topliss-reactive ketones (excluding diaryl/α,β-unsaturated/α-hetero) is 1. The zero-order chi connectivity index (χ0) is 22.8. The first kappa shape index (κ1) is 20.5. The fourth-order valence-electron chi connectivity index (χ4n) is 5.58. The topological polar surface area (TPSA) is 114 Å². The Kier molecular flexibility index (Phi) is 4.54. The van der Waals surface area contributed by atoms with Crippen molar-refractivity contribution in [2.24, 2.45) is 17.3 Å². The molecule has 9 nitrogen and oxygen atoms in total. The van der Waals surface area contributed by atoms with E-state index in [9.17, 15) is 19.7 Å². The maximum atomic E-state index is 13.4. The van der Waals surface area contributed by atoms with Gasteiger partial charge in [-0.15, -0.1) is 0 Å². The lowest BCUT2D eigenvalue weighted by atomic mass is 9.67. The third-order valence-electron chi connectivity index (χ3n) is 6.91. The van der Waals surface area contributed by atoms with Crippen LogP contribution >= 0.6 is 0 Å². The highest BCUT2D eigenvalue weighted by Crippen LogP contribution is 2.50. The van der Waals surface area contributed by atoms with Gasteiger partial charge >= 0.3 is 0 Å². The Morgan fingerprint density at radius 3 is 2.75 bits per heavy atom. The summed E-state index contributed by atoms with van der Waals surface area (Å²) in [6, 6.07) is 5.37. The van der Waals surface area contributed by atoms with E-state index in [-0.39, 0.29) is 22.8 Å². The molecule has 3 aliphatic heterocycles. The van der Waals surface area contributed by atoms with E-state index in [4.69, 9.17) is 4.74 Å². The molecule has 5 rings (SSSR count). The van der Waals surface area contributed by atoms with Crippen LogP contribution in [0.25, 0.3) is 0 Å². The van der Waals surface area contributed by atoms with Crippen LogP contribution in [-0.2, 0) is 16.0 Å². The summed E-state index contributed by atoms with van der Waals surface area (Å²) in [7, 11) is 1.57. The van der Waals surface area contributed by atoms with Crippen molar-refractivity contribution in [2.75, 3.05) is 25.5 Å². The fourth-order valence-corrected chi connectivity index (χ4v) is 5.58. The number of allylic oxidation sites excluding steroid dienone is 2. The van der Waals surface area contributed by atoms with Crippen LogP contribution in [0.1, 0.15) is 32.3 Å². The Morgan fingerprint density at radius 2 is 2.03 bits per heavy atom. The summed E-state index contributed by atoms with van der Waals surface area (Å²) in [5.74, 6) is -0.996. The zero-order valence-electron chi connectivity index (χ0n) is 18.4. The van der Waals surface area contributed by atoms with Crippen LogP contribution in [0.2, 0.25) is 0 Å². The van der Waals surface area contributed by atoms with Gasteiger partial charge in [0.2, 0.25) is 5.91 Å². The number of fused-ring (bicyclic) bond motifs is 3. The molecule has 0 spiro atoms. The van der Waals surface area contributed by atoms with Crippen molar-refractivity contribution in [3.63, 3.8) is 0 Å². The normalized spacial score (nSPS) is 26.2. The summed E-state index contributed by atoms with van der Waals surface area (Å²) in [6.07, 6.45) is 1.24. The average molecular weight is 438 g/mol. The second kappa shape index (κ2) is 7.08. The maximum absolute atomic E-state index is 13.4. The van der Waals surface area contributed by atoms with Gasteiger partial charge in [0.05, 0.1) is 23.9 Å². The molecule has 1 aliphatic carbocycles. The lowest BCUT2D eigenvalue weighted by Gasteiger charge is -2.42. The van der Waals surface area contributed by atoms with Crippen LogP contribution in [0.15, 0.2) is 41.0 Å². The molecule has 2 N–H and O–H groups in total. The summed E-state index contributed by atoms with van der Waals surface area (Å²) in [6.45, 7) is 5.20. The van der Waals surface area contributed by atoms with Crippen molar-refractivity contribution in [3.05, 3.63) is 56.7 Å². The van der Waals surface area contributed by atoms with E-state index < -0.39 is 16.8 Å². The van der Waals surface area contributed by atoms with E-state index in [1.165, 1.54) is 0 Å². The Bertz CT molecular complexity index is 1120. The molecule has 1 saturated heterocycles. The number of benzene rings is 1. The Balaban J connectivity index is 1.67. The van der Waals surface area contributed by atoms with Crippen molar-refractivity contribution in [3.8, 4) is 5.75 Å². The maximum Gasteiger partial charge on any atom is 0.294 e. The Hall–Kier alpha value is -3.36. The molecule has 1 fully saturated rings. The van der Waals surface area contributed by atoms with Gasteiger partial charge in [-0.1, -0.05) is 13.8 Å². The van der Waals surface area contributed by atoms with Gasteiger partial charge in [0, 0.05) is 36.5 Å². The van der Waals surface area contributed by atoms with Crippen molar-refractivity contribution >= 4 is 17.4 Å². The van der Waals surface area contributed by atoms with Crippen molar-refractivity contribution < 1.29 is 19.2 Å². The van der Waals surface area contributed by atoms with Gasteiger partial charge in [-0.2, -0.15) is 0 Å². The molecule has 3 heterocycles. The molecular weight excluding hydrogens is 412 g/mol. The van der Waals surface area contributed by atoms with Crippen molar-refractivity contribution in [1.82, 2.24) is 10.2 Å². The quantitative estimate of drug-likeness (QED) is 0.550. The number of amides is 1. The number of hydrogen-bond acceptors (Lipinski definition) is 7. The number of anilines is 1. The lowest BCUT2D eigenvalue weighted by Crippen LogP contribution is -2.47. The second-order valence-electron chi connectivity index (χ2n) is 9.67. The molecule has 9 heteroatoms. The van der Waals surface area contributed by atoms with Crippen molar-refractivity contribution in [2.45, 2.75) is 33.1 Å². The number of ether oxygens (including phenoxy) is 1. The van der Waals surface area contributed by atoms with E-state index in [1.807, 2.05) is 24.8 Å². The van der Waals surface area contributed by atoms with E-state index in [2.05, 4.69) is 10.6 Å². The molecule has 0 bridgehead atoms. The molecule has 0 radical (unpaired) electrons. The molecule has 1 amide bonds. The first-order valence-corrected chi connectivity index (χ1v) is 10.8. The van der Waals surface area contributed by atoms with Gasteiger partial charge in [0.25, 0.3) is 5.70 Å². The van der Waals surface area contributed by atoms with Gasteiger partial charge in [0.1, 0.15) is 5.75 Å². The molecule has 168 valence electrons. The average Bonchev–Trinajstić information content (AvgIpc) is 3.20. The van der Waals surface area contributed by atoms with Crippen LogP contribution in [0.4, 0.5) is 5.69 Å². The number of methoxy groups -OCH3 is 1. The van der Waals surface area contributed by atoms with Crippen LogP contribution in [0.3, 0.4) is 0 Å². The van der Waals surface area contributed by atoms with Gasteiger partial charge in [-0.25, -0.2) is 0 Å². The number of nitrogens with one attached hydrogen (secondary N) is 2. The molecule has 2 atom stereocenters. The standard InChI is InChI=1S/C23H26N4O5/c1-23(2)10-16-19(17(28)11-23)18(20(27(30)31)21-24-6-7-26(16)21)14-9-12-8-13(32-3)4-5-15(12)25-22(14)29/h4-5,8,14,18,24H,6-7,9-11H2,1-3H3,(H,25,29). The fraction of sp³-hybridized carbons (Fsp3) is 0.478. The predicted octanol–water partition coefficient (Wildman–Crippen LogP) is 2.43. The number of carbonyl (C=O) groups excluding carboxylic acids is 2. The number of rotatable bonds is 3. The number of ketones is 1. The summed E-state index contributed by atoms with van der Waals surface area (Å²) in [5.41, 5.74) is 2.45. The second-order valence-corrected chi connectivity index (χ2v) is 9.67. The van der Waals surface area contributed by atoms with Crippen LogP contribution < -0.4 is 15.4 Å². The van der Waals surface area contributed by atoms with E-state index in [1.54, 1.807) is 19.2 Å². The molecular formula is C23H26N4O5. The zero-order valence-corrected chi connectivity index (χ0v) is 18.4. The molecule has 0 saturated carbocycles. The molecule has 2 unspecified atom stereocenters. The van der Waals surface area contributed by atoms with Gasteiger partial charge < -0.3 is 20.3 Å². The summed E-state index contributed by atoms with van der Waals surface area (Å²) >= 11 is 0. The van der Waals surface area contributed by atoms with Crippen LogP contribution in [0.5, 0.6) is 5.75 Å². The van der Waals surface area contributed by atoms with Gasteiger partial charge in [0.15, 0.2) is 11.6 Å². The number of hydrogen-bond donors (Lipinski definition) is 2. The van der Waals surface area contributed by atoms with Gasteiger partial charge in [-0.3, -0.25) is 19.7 Å². The minimum Gasteiger partial charge on any atom is -0.497 e. The third kappa shape index (κ3) is 3.06. The summed E-state index contributed by atoms with van der Waals surface area (Å²) < 4.78 is 5.32. The predicted molar refractivity (Wildman–Crippen MR) is 116 cm³/mol. The van der Waals surface area contributed by atoms with E-state index >= 15 is 0 Å². The highest BCUT2D eigenvalue weighted by Gasteiger charge is 2.54. The van der Waals surface area contributed by atoms with Gasteiger partial charge in [-0.05, 0) is 42.0 Å². The molecule has 32 heavy (non-hydrogen) atoms. The Morgan fingerprint density at radius 1 is 1.25 bits per heavy atom.